The lowest BCUT2D eigenvalue weighted by molar-refractivity contribution is -0.556. The second-order valence-electron chi connectivity index (χ2n) is 7.01. The van der Waals surface area contributed by atoms with Crippen molar-refractivity contribution in [2.75, 3.05) is 13.2 Å². The van der Waals surface area contributed by atoms with Crippen molar-refractivity contribution in [1.82, 2.24) is 10.0 Å². The Bertz CT molecular complexity index is 1140. The van der Waals surface area contributed by atoms with Gasteiger partial charge in [-0.1, -0.05) is 18.2 Å². The van der Waals surface area contributed by atoms with E-state index in [0.717, 1.165) is 12.1 Å². The molecule has 0 aliphatic carbocycles. The lowest BCUT2D eigenvalue weighted by Crippen LogP contribution is -2.65. The number of nitrogen functional groups attached to an aromatic ring is 1. The number of hydrogen-bond donors (Lipinski definition) is 5. The summed E-state index contributed by atoms with van der Waals surface area (Å²) in [6.07, 6.45) is 0.0267. The third kappa shape index (κ3) is 6.73. The first-order chi connectivity index (χ1) is 16.0. The number of nitro groups is 1. The van der Waals surface area contributed by atoms with Gasteiger partial charge in [-0.25, -0.2) is 13.2 Å². The summed E-state index contributed by atoms with van der Waals surface area (Å²) in [7, 11) is -4.58. The van der Waals surface area contributed by atoms with Crippen LogP contribution in [0.15, 0.2) is 59.5 Å². The van der Waals surface area contributed by atoms with Crippen molar-refractivity contribution < 1.29 is 32.8 Å². The van der Waals surface area contributed by atoms with E-state index in [1.807, 2.05) is 0 Å². The molecule has 182 valence electrons. The van der Waals surface area contributed by atoms with Crippen LogP contribution in [0.25, 0.3) is 0 Å². The van der Waals surface area contributed by atoms with Crippen LogP contribution in [0.3, 0.4) is 0 Å². The first-order valence-electron chi connectivity index (χ1n) is 9.79. The number of benzene rings is 2. The summed E-state index contributed by atoms with van der Waals surface area (Å²) in [5, 5.41) is 30.4. The van der Waals surface area contributed by atoms with Crippen LogP contribution in [0, 0.1) is 15.5 Å². The average Bonchev–Trinajstić information content (AvgIpc) is 2.80. The summed E-state index contributed by atoms with van der Waals surface area (Å²) in [6.45, 7) is -1.01. The molecule has 34 heavy (non-hydrogen) atoms. The maximum Gasteiger partial charge on any atom is 0.402 e. The standard InChI is InChI=1S/C20H23N5O8S/c21-18(22)14-8-10-15(11-9-14)33-12-4-7-17(26)23-13-20(19(27)28,25(29)30)24-34(31,32)16-5-2-1-3-6-16/h1-3,5-6,8-11,24H,4,7,12-13H2,(H3,21,22)(H,23,26)(H,27,28)/t20-/m1/s1. The maximum atomic E-state index is 12.5. The Morgan fingerprint density at radius 1 is 1.15 bits per heavy atom. The zero-order valence-electron chi connectivity index (χ0n) is 17.8. The molecule has 0 fully saturated rings. The van der Waals surface area contributed by atoms with E-state index in [-0.39, 0.29) is 30.2 Å². The van der Waals surface area contributed by atoms with Gasteiger partial charge in [0.15, 0.2) is 0 Å². The molecule has 14 heteroatoms. The fourth-order valence-corrected chi connectivity index (χ4v) is 4.00. The molecule has 2 rings (SSSR count). The number of carboxylic acid groups (broad SMARTS) is 1. The predicted octanol–water partition coefficient (Wildman–Crippen LogP) is 0.282. The molecular formula is C20H23N5O8S. The summed E-state index contributed by atoms with van der Waals surface area (Å²) >= 11 is 0. The van der Waals surface area contributed by atoms with Crippen molar-refractivity contribution in [2.45, 2.75) is 23.4 Å². The highest BCUT2D eigenvalue weighted by molar-refractivity contribution is 7.89. The average molecular weight is 493 g/mol. The zero-order chi connectivity index (χ0) is 25.4. The van der Waals surface area contributed by atoms with Gasteiger partial charge in [0.2, 0.25) is 15.9 Å². The lowest BCUT2D eigenvalue weighted by Gasteiger charge is -2.22. The number of ether oxygens (including phenoxy) is 1. The first-order valence-corrected chi connectivity index (χ1v) is 11.3. The van der Waals surface area contributed by atoms with Crippen LogP contribution in [0.4, 0.5) is 0 Å². The highest BCUT2D eigenvalue weighted by Crippen LogP contribution is 2.15. The van der Waals surface area contributed by atoms with Crippen molar-refractivity contribution in [3.8, 4) is 5.75 Å². The highest BCUT2D eigenvalue weighted by Gasteiger charge is 2.55. The van der Waals surface area contributed by atoms with Crippen LogP contribution in [0.2, 0.25) is 0 Å². The SMILES string of the molecule is N=C(N)c1ccc(OCCCC(=O)NC[C@](NS(=O)(=O)c2ccccc2)(C(=O)O)[N+](=O)[O-])cc1. The number of carbonyl (C=O) groups is 2. The summed E-state index contributed by atoms with van der Waals surface area (Å²) in [5.41, 5.74) is 2.67. The number of sulfonamides is 1. The molecule has 0 heterocycles. The van der Waals surface area contributed by atoms with Gasteiger partial charge in [0.25, 0.3) is 0 Å². The molecule has 0 aromatic heterocycles. The van der Waals surface area contributed by atoms with Crippen molar-refractivity contribution in [1.29, 1.82) is 5.41 Å². The van der Waals surface area contributed by atoms with Crippen LogP contribution < -0.4 is 20.5 Å². The topological polar surface area (TPSA) is 215 Å². The molecule has 0 saturated heterocycles. The van der Waals surface area contributed by atoms with Crippen LogP contribution >= 0.6 is 0 Å². The number of nitrogens with one attached hydrogen (secondary N) is 3. The number of nitrogens with zero attached hydrogens (tertiary/aromatic N) is 1. The number of nitrogens with two attached hydrogens (primary N) is 1. The van der Waals surface area contributed by atoms with E-state index < -0.39 is 39.0 Å². The van der Waals surface area contributed by atoms with Gasteiger partial charge in [-0.05, 0) is 42.8 Å². The summed E-state index contributed by atoms with van der Waals surface area (Å²) in [6, 6.07) is 12.9. The second-order valence-corrected chi connectivity index (χ2v) is 8.69. The first kappa shape index (κ1) is 26.2. The number of hydrogen-bond acceptors (Lipinski definition) is 8. The van der Waals surface area contributed by atoms with Crippen LogP contribution in [0.5, 0.6) is 5.75 Å². The molecule has 2 aromatic carbocycles. The molecule has 0 spiro atoms. The highest BCUT2D eigenvalue weighted by atomic mass is 32.2. The van der Waals surface area contributed by atoms with E-state index >= 15 is 0 Å². The number of amides is 1. The number of aliphatic carboxylic acids is 1. The van der Waals surface area contributed by atoms with E-state index in [1.165, 1.54) is 18.2 Å². The molecule has 1 atom stereocenters. The normalized spacial score (nSPS) is 12.8. The Kier molecular flexibility index (Phi) is 8.64. The van der Waals surface area contributed by atoms with Crippen LogP contribution in [-0.4, -0.2) is 55.0 Å². The van der Waals surface area contributed by atoms with Gasteiger partial charge < -0.3 is 20.9 Å². The fourth-order valence-electron chi connectivity index (χ4n) is 2.68. The third-order valence-electron chi connectivity index (χ3n) is 4.55. The molecule has 0 bridgehead atoms. The van der Waals surface area contributed by atoms with E-state index in [2.05, 4.69) is 5.32 Å². The quantitative estimate of drug-likeness (QED) is 0.0646. The number of carboxylic acids is 1. The molecule has 2 aromatic rings. The molecule has 0 radical (unpaired) electrons. The largest absolute Gasteiger partial charge is 0.494 e. The van der Waals surface area contributed by atoms with Crippen molar-refractivity contribution in [2.24, 2.45) is 5.73 Å². The molecule has 0 aliphatic heterocycles. The van der Waals surface area contributed by atoms with Gasteiger partial charge in [0.1, 0.15) is 18.1 Å². The molecular weight excluding hydrogens is 470 g/mol. The second kappa shape index (κ2) is 11.2. The van der Waals surface area contributed by atoms with Crippen LogP contribution in [-0.2, 0) is 19.6 Å². The Morgan fingerprint density at radius 2 is 1.76 bits per heavy atom. The van der Waals surface area contributed by atoms with Crippen LogP contribution in [0.1, 0.15) is 18.4 Å². The fraction of sp³-hybridized carbons (Fsp3) is 0.250. The summed E-state index contributed by atoms with van der Waals surface area (Å²) in [4.78, 5) is 33.7. The third-order valence-corrected chi connectivity index (χ3v) is 6.04. The Balaban J connectivity index is 1.95. The van der Waals surface area contributed by atoms with Gasteiger partial charge in [-0.15, -0.1) is 4.72 Å². The van der Waals surface area contributed by atoms with Gasteiger partial charge in [0, 0.05) is 12.0 Å². The number of rotatable bonds is 13. The smallest absolute Gasteiger partial charge is 0.402 e. The summed E-state index contributed by atoms with van der Waals surface area (Å²) in [5.74, 6) is -2.45. The molecule has 0 aliphatic rings. The van der Waals surface area contributed by atoms with Crippen molar-refractivity contribution in [3.63, 3.8) is 0 Å². The minimum atomic E-state index is -4.58. The molecule has 0 saturated carbocycles. The van der Waals surface area contributed by atoms with E-state index in [1.54, 1.807) is 29.0 Å². The van der Waals surface area contributed by atoms with Crippen molar-refractivity contribution >= 4 is 27.7 Å². The van der Waals surface area contributed by atoms with E-state index in [0.29, 0.717) is 11.3 Å². The number of amidine groups is 1. The molecule has 6 N–H and O–H groups in total. The van der Waals surface area contributed by atoms with Gasteiger partial charge in [-0.3, -0.25) is 20.3 Å². The van der Waals surface area contributed by atoms with Gasteiger partial charge in [-0.2, -0.15) is 0 Å². The summed E-state index contributed by atoms with van der Waals surface area (Å²) < 4.78 is 32.0. The predicted molar refractivity (Wildman–Crippen MR) is 119 cm³/mol. The minimum absolute atomic E-state index is 0.0959. The molecule has 0 unspecified atom stereocenters. The van der Waals surface area contributed by atoms with E-state index in [4.69, 9.17) is 15.9 Å². The van der Waals surface area contributed by atoms with E-state index in [9.17, 15) is 33.2 Å². The monoisotopic (exact) mass is 493 g/mol. The zero-order valence-corrected chi connectivity index (χ0v) is 18.6. The minimum Gasteiger partial charge on any atom is -0.494 e. The number of carbonyl (C=O) groups excluding carboxylic acids is 1. The maximum absolute atomic E-state index is 12.5. The lowest BCUT2D eigenvalue weighted by atomic mass is 10.2. The Morgan fingerprint density at radius 3 is 2.29 bits per heavy atom. The van der Waals surface area contributed by atoms with Gasteiger partial charge in [0.05, 0.1) is 16.4 Å². The van der Waals surface area contributed by atoms with Gasteiger partial charge >= 0.3 is 11.6 Å². The Hall–Kier alpha value is -4.04. The van der Waals surface area contributed by atoms with Crippen molar-refractivity contribution in [3.05, 3.63) is 70.3 Å². The Labute approximate surface area is 194 Å². The molecule has 1 amide bonds. The molecule has 13 nitrogen and oxygen atoms in total.